The molecule has 1 atom stereocenters. The molecule has 0 spiro atoms. The van der Waals surface area contributed by atoms with Crippen LogP contribution < -0.4 is 4.74 Å². The average molecular weight is 251 g/mol. The zero-order valence-electron chi connectivity index (χ0n) is 11.7. The third-order valence-corrected chi connectivity index (χ3v) is 2.83. The standard InChI is InChI=1S/C15H25NO2/c1-4-10-16(3)12-15(17)13-6-8-14(9-7-13)18-11-5-2/h6-9,15,17H,4-5,10-12H2,1-3H3. The van der Waals surface area contributed by atoms with Crippen molar-refractivity contribution < 1.29 is 9.84 Å². The molecule has 0 amide bonds. The molecule has 1 unspecified atom stereocenters. The summed E-state index contributed by atoms with van der Waals surface area (Å²) in [4.78, 5) is 2.15. The van der Waals surface area contributed by atoms with E-state index in [1.54, 1.807) is 0 Å². The Morgan fingerprint density at radius 2 is 1.83 bits per heavy atom. The van der Waals surface area contributed by atoms with E-state index >= 15 is 0 Å². The fourth-order valence-corrected chi connectivity index (χ4v) is 1.88. The number of nitrogens with zero attached hydrogens (tertiary/aromatic N) is 1. The van der Waals surface area contributed by atoms with Gasteiger partial charge in [0.05, 0.1) is 12.7 Å². The second-order valence-electron chi connectivity index (χ2n) is 4.70. The molecule has 18 heavy (non-hydrogen) atoms. The molecule has 102 valence electrons. The first-order valence-electron chi connectivity index (χ1n) is 6.76. The highest BCUT2D eigenvalue weighted by molar-refractivity contribution is 5.28. The predicted molar refractivity (Wildman–Crippen MR) is 75.0 cm³/mol. The van der Waals surface area contributed by atoms with E-state index in [0.29, 0.717) is 6.54 Å². The highest BCUT2D eigenvalue weighted by Gasteiger charge is 2.10. The van der Waals surface area contributed by atoms with Crippen LogP contribution in [0.4, 0.5) is 0 Å². The van der Waals surface area contributed by atoms with Crippen LogP contribution in [0.2, 0.25) is 0 Å². The summed E-state index contributed by atoms with van der Waals surface area (Å²) in [5.41, 5.74) is 0.946. The van der Waals surface area contributed by atoms with Gasteiger partial charge in [-0.3, -0.25) is 0 Å². The third-order valence-electron chi connectivity index (χ3n) is 2.83. The van der Waals surface area contributed by atoms with E-state index in [9.17, 15) is 5.11 Å². The molecule has 3 nitrogen and oxygen atoms in total. The molecule has 0 saturated heterocycles. The van der Waals surface area contributed by atoms with Crippen molar-refractivity contribution in [1.29, 1.82) is 0 Å². The summed E-state index contributed by atoms with van der Waals surface area (Å²) in [6.45, 7) is 6.64. The number of rotatable bonds is 8. The average Bonchev–Trinajstić information content (AvgIpc) is 2.37. The third kappa shape index (κ3) is 5.07. The van der Waals surface area contributed by atoms with E-state index in [0.717, 1.165) is 37.3 Å². The summed E-state index contributed by atoms with van der Waals surface area (Å²) < 4.78 is 5.52. The van der Waals surface area contributed by atoms with Crippen molar-refractivity contribution in [3.63, 3.8) is 0 Å². The first-order chi connectivity index (χ1) is 8.67. The minimum absolute atomic E-state index is 0.429. The Bertz CT molecular complexity index is 324. The molecule has 1 rings (SSSR count). The maximum absolute atomic E-state index is 10.1. The summed E-state index contributed by atoms with van der Waals surface area (Å²) in [7, 11) is 2.03. The minimum Gasteiger partial charge on any atom is -0.494 e. The Balaban J connectivity index is 2.50. The second kappa shape index (κ2) is 8.11. The van der Waals surface area contributed by atoms with Crippen LogP contribution in [0.5, 0.6) is 5.75 Å². The zero-order chi connectivity index (χ0) is 13.4. The van der Waals surface area contributed by atoms with Crippen molar-refractivity contribution in [3.8, 4) is 5.75 Å². The molecule has 0 fully saturated rings. The first-order valence-corrected chi connectivity index (χ1v) is 6.76. The Morgan fingerprint density at radius 3 is 2.39 bits per heavy atom. The van der Waals surface area contributed by atoms with Crippen LogP contribution in [0, 0.1) is 0 Å². The van der Waals surface area contributed by atoms with Gasteiger partial charge in [-0.1, -0.05) is 26.0 Å². The second-order valence-corrected chi connectivity index (χ2v) is 4.70. The Kier molecular flexibility index (Phi) is 6.76. The lowest BCUT2D eigenvalue weighted by Crippen LogP contribution is -2.25. The van der Waals surface area contributed by atoms with Gasteiger partial charge in [0, 0.05) is 6.54 Å². The van der Waals surface area contributed by atoms with Crippen LogP contribution in [0.25, 0.3) is 0 Å². The Hall–Kier alpha value is -1.06. The van der Waals surface area contributed by atoms with Gasteiger partial charge in [-0.25, -0.2) is 0 Å². The number of benzene rings is 1. The number of aliphatic hydroxyl groups is 1. The summed E-state index contributed by atoms with van der Waals surface area (Å²) in [6.07, 6.45) is 1.68. The van der Waals surface area contributed by atoms with E-state index < -0.39 is 6.10 Å². The van der Waals surface area contributed by atoms with Gasteiger partial charge in [-0.2, -0.15) is 0 Å². The smallest absolute Gasteiger partial charge is 0.119 e. The van der Waals surface area contributed by atoms with E-state index in [2.05, 4.69) is 18.7 Å². The van der Waals surface area contributed by atoms with Crippen molar-refractivity contribution in [2.45, 2.75) is 32.8 Å². The van der Waals surface area contributed by atoms with Crippen LogP contribution >= 0.6 is 0 Å². The molecule has 0 aromatic heterocycles. The van der Waals surface area contributed by atoms with Gasteiger partial charge in [0.25, 0.3) is 0 Å². The molecule has 1 N–H and O–H groups in total. The predicted octanol–water partition coefficient (Wildman–Crippen LogP) is 2.85. The maximum Gasteiger partial charge on any atom is 0.119 e. The molecule has 0 aliphatic rings. The van der Waals surface area contributed by atoms with Crippen molar-refractivity contribution in [2.75, 3.05) is 26.7 Å². The lowest BCUT2D eigenvalue weighted by atomic mass is 10.1. The number of hydrogen-bond acceptors (Lipinski definition) is 3. The topological polar surface area (TPSA) is 32.7 Å². The molecule has 3 heteroatoms. The highest BCUT2D eigenvalue weighted by Crippen LogP contribution is 2.18. The first kappa shape index (κ1) is 15.0. The van der Waals surface area contributed by atoms with Crippen LogP contribution in [0.3, 0.4) is 0 Å². The van der Waals surface area contributed by atoms with Crippen molar-refractivity contribution in [2.24, 2.45) is 0 Å². The minimum atomic E-state index is -0.429. The molecular formula is C15H25NO2. The van der Waals surface area contributed by atoms with Gasteiger partial charge >= 0.3 is 0 Å². The molecule has 0 heterocycles. The monoisotopic (exact) mass is 251 g/mol. The molecule has 0 bridgehead atoms. The van der Waals surface area contributed by atoms with E-state index in [1.807, 2.05) is 31.3 Å². The lowest BCUT2D eigenvalue weighted by Gasteiger charge is -2.20. The molecule has 0 aliphatic heterocycles. The van der Waals surface area contributed by atoms with E-state index in [4.69, 9.17) is 4.74 Å². The maximum atomic E-state index is 10.1. The Labute approximate surface area is 110 Å². The van der Waals surface area contributed by atoms with E-state index in [1.165, 1.54) is 0 Å². The van der Waals surface area contributed by atoms with Gasteiger partial charge in [-0.15, -0.1) is 0 Å². The number of hydrogen-bond donors (Lipinski definition) is 1. The summed E-state index contributed by atoms with van der Waals surface area (Å²) in [6, 6.07) is 7.73. The summed E-state index contributed by atoms with van der Waals surface area (Å²) in [5, 5.41) is 10.1. The molecular weight excluding hydrogens is 226 g/mol. The zero-order valence-corrected chi connectivity index (χ0v) is 11.7. The van der Waals surface area contributed by atoms with Crippen molar-refractivity contribution >= 4 is 0 Å². The van der Waals surface area contributed by atoms with Gasteiger partial charge in [-0.05, 0) is 44.1 Å². The number of likely N-dealkylation sites (N-methyl/N-ethyl adjacent to an activating group) is 1. The van der Waals surface area contributed by atoms with Gasteiger partial charge in [0.15, 0.2) is 0 Å². The van der Waals surface area contributed by atoms with Crippen molar-refractivity contribution in [1.82, 2.24) is 4.90 Å². The molecule has 0 saturated carbocycles. The van der Waals surface area contributed by atoms with Crippen LogP contribution in [-0.4, -0.2) is 36.8 Å². The molecule has 1 aromatic rings. The quantitative estimate of drug-likeness (QED) is 0.771. The van der Waals surface area contributed by atoms with Crippen LogP contribution in [0.15, 0.2) is 24.3 Å². The molecule has 0 radical (unpaired) electrons. The fraction of sp³-hybridized carbons (Fsp3) is 0.600. The van der Waals surface area contributed by atoms with Gasteiger partial charge in [0.2, 0.25) is 0 Å². The highest BCUT2D eigenvalue weighted by atomic mass is 16.5. The van der Waals surface area contributed by atoms with E-state index in [-0.39, 0.29) is 0 Å². The fourth-order valence-electron chi connectivity index (χ4n) is 1.88. The Morgan fingerprint density at radius 1 is 1.17 bits per heavy atom. The SMILES string of the molecule is CCCOc1ccc(C(O)CN(C)CCC)cc1. The van der Waals surface area contributed by atoms with Gasteiger partial charge < -0.3 is 14.7 Å². The normalized spacial score (nSPS) is 12.7. The summed E-state index contributed by atoms with van der Waals surface area (Å²) in [5.74, 6) is 0.870. The molecule has 0 aliphatic carbocycles. The van der Waals surface area contributed by atoms with Crippen LogP contribution in [-0.2, 0) is 0 Å². The molecule has 1 aromatic carbocycles. The number of ether oxygens (including phenoxy) is 1. The largest absolute Gasteiger partial charge is 0.494 e. The van der Waals surface area contributed by atoms with Gasteiger partial charge in [0.1, 0.15) is 5.75 Å². The lowest BCUT2D eigenvalue weighted by molar-refractivity contribution is 0.127. The summed E-state index contributed by atoms with van der Waals surface area (Å²) >= 11 is 0. The van der Waals surface area contributed by atoms with Crippen LogP contribution in [0.1, 0.15) is 38.4 Å². The number of aliphatic hydroxyl groups excluding tert-OH is 1. The van der Waals surface area contributed by atoms with Crippen molar-refractivity contribution in [3.05, 3.63) is 29.8 Å².